The molecule has 1 saturated heterocycles. The Kier molecular flexibility index (Phi) is 4.05. The molecule has 0 unspecified atom stereocenters. The molecule has 1 aromatic heterocycles. The molecule has 0 aliphatic carbocycles. The maximum Gasteiger partial charge on any atom is 0.0481 e. The van der Waals surface area contributed by atoms with Crippen LogP contribution in [0.5, 0.6) is 0 Å². The second-order valence-corrected chi connectivity index (χ2v) is 5.69. The number of hydrogen-bond acceptors (Lipinski definition) is 3. The van der Waals surface area contributed by atoms with Crippen molar-refractivity contribution in [2.24, 2.45) is 12.8 Å². The largest absolute Gasteiger partial charge is 0.350 e. The molecule has 2 N–H and O–H groups in total. The van der Waals surface area contributed by atoms with Gasteiger partial charge in [-0.05, 0) is 11.6 Å². The Bertz CT molecular complexity index is 567. The quantitative estimate of drug-likeness (QED) is 0.910. The van der Waals surface area contributed by atoms with E-state index in [4.69, 9.17) is 5.73 Å². The van der Waals surface area contributed by atoms with Crippen molar-refractivity contribution >= 4 is 10.9 Å². The van der Waals surface area contributed by atoms with Crippen LogP contribution in [-0.2, 0) is 13.6 Å². The van der Waals surface area contributed by atoms with Gasteiger partial charge < -0.3 is 10.3 Å². The lowest BCUT2D eigenvalue weighted by Crippen LogP contribution is -2.47. The number of aromatic nitrogens is 1. The second kappa shape index (κ2) is 5.95. The van der Waals surface area contributed by atoms with Gasteiger partial charge in [0.15, 0.2) is 0 Å². The third-order valence-corrected chi connectivity index (χ3v) is 4.28. The topological polar surface area (TPSA) is 37.4 Å². The van der Waals surface area contributed by atoms with E-state index in [2.05, 4.69) is 51.9 Å². The Morgan fingerprint density at radius 2 is 1.75 bits per heavy atom. The molecule has 1 aliphatic rings. The Labute approximate surface area is 120 Å². The van der Waals surface area contributed by atoms with E-state index < -0.39 is 0 Å². The molecule has 0 radical (unpaired) electrons. The van der Waals surface area contributed by atoms with E-state index in [0.717, 1.165) is 45.8 Å². The summed E-state index contributed by atoms with van der Waals surface area (Å²) in [5.74, 6) is 0. The Hall–Kier alpha value is -1.36. The number of nitrogens with two attached hydrogens (primary N) is 1. The van der Waals surface area contributed by atoms with Gasteiger partial charge in [-0.2, -0.15) is 0 Å². The van der Waals surface area contributed by atoms with Crippen LogP contribution in [0.25, 0.3) is 10.9 Å². The Morgan fingerprint density at radius 3 is 2.50 bits per heavy atom. The first-order chi connectivity index (χ1) is 9.78. The first-order valence-corrected chi connectivity index (χ1v) is 7.45. The number of para-hydroxylation sites is 1. The number of benzene rings is 1. The minimum Gasteiger partial charge on any atom is -0.350 e. The van der Waals surface area contributed by atoms with Crippen LogP contribution in [0.3, 0.4) is 0 Å². The monoisotopic (exact) mass is 272 g/mol. The van der Waals surface area contributed by atoms with E-state index in [-0.39, 0.29) is 0 Å². The molecule has 20 heavy (non-hydrogen) atoms. The molecule has 0 bridgehead atoms. The molecule has 0 amide bonds. The van der Waals surface area contributed by atoms with Gasteiger partial charge in [0, 0.05) is 70.0 Å². The molecule has 4 nitrogen and oxygen atoms in total. The molecular formula is C16H24N4. The maximum absolute atomic E-state index is 5.62. The van der Waals surface area contributed by atoms with Gasteiger partial charge in [-0.25, -0.2) is 0 Å². The van der Waals surface area contributed by atoms with E-state index in [0.29, 0.717) is 0 Å². The predicted molar refractivity (Wildman–Crippen MR) is 83.7 cm³/mol. The zero-order valence-electron chi connectivity index (χ0n) is 12.3. The van der Waals surface area contributed by atoms with Gasteiger partial charge in [0.1, 0.15) is 0 Å². The average Bonchev–Trinajstić information content (AvgIpc) is 2.79. The second-order valence-electron chi connectivity index (χ2n) is 5.69. The molecular weight excluding hydrogens is 248 g/mol. The molecule has 0 atom stereocenters. The summed E-state index contributed by atoms with van der Waals surface area (Å²) in [6.45, 7) is 7.42. The van der Waals surface area contributed by atoms with Crippen molar-refractivity contribution in [1.29, 1.82) is 0 Å². The SMILES string of the molecule is Cn1cc(CN2CCN(CCN)CC2)c2ccccc21. The van der Waals surface area contributed by atoms with Gasteiger partial charge in [-0.3, -0.25) is 9.80 Å². The lowest BCUT2D eigenvalue weighted by molar-refractivity contribution is 0.130. The zero-order valence-corrected chi connectivity index (χ0v) is 12.3. The molecule has 1 aliphatic heterocycles. The van der Waals surface area contributed by atoms with Crippen LogP contribution >= 0.6 is 0 Å². The summed E-state index contributed by atoms with van der Waals surface area (Å²) in [5.41, 5.74) is 8.39. The highest BCUT2D eigenvalue weighted by Crippen LogP contribution is 2.22. The molecule has 108 valence electrons. The lowest BCUT2D eigenvalue weighted by Gasteiger charge is -2.34. The van der Waals surface area contributed by atoms with Crippen LogP contribution in [0.1, 0.15) is 5.56 Å². The molecule has 2 aromatic rings. The van der Waals surface area contributed by atoms with Crippen molar-refractivity contribution in [2.45, 2.75) is 6.54 Å². The van der Waals surface area contributed by atoms with Crippen molar-refractivity contribution < 1.29 is 0 Å². The van der Waals surface area contributed by atoms with Crippen LogP contribution < -0.4 is 5.73 Å². The highest BCUT2D eigenvalue weighted by Gasteiger charge is 2.17. The van der Waals surface area contributed by atoms with Crippen molar-refractivity contribution in [1.82, 2.24) is 14.4 Å². The summed E-state index contributed by atoms with van der Waals surface area (Å²) in [7, 11) is 2.13. The first kappa shape index (κ1) is 13.6. The minimum absolute atomic E-state index is 0.767. The van der Waals surface area contributed by atoms with Crippen molar-refractivity contribution in [2.75, 3.05) is 39.3 Å². The van der Waals surface area contributed by atoms with Crippen LogP contribution in [0.15, 0.2) is 30.5 Å². The number of piperazine rings is 1. The first-order valence-electron chi connectivity index (χ1n) is 7.45. The molecule has 0 saturated carbocycles. The molecule has 1 fully saturated rings. The van der Waals surface area contributed by atoms with E-state index in [1.807, 2.05) is 0 Å². The zero-order chi connectivity index (χ0) is 13.9. The Morgan fingerprint density at radius 1 is 1.05 bits per heavy atom. The third-order valence-electron chi connectivity index (χ3n) is 4.28. The molecule has 3 rings (SSSR count). The minimum atomic E-state index is 0.767. The van der Waals surface area contributed by atoms with Gasteiger partial charge >= 0.3 is 0 Å². The van der Waals surface area contributed by atoms with E-state index in [9.17, 15) is 0 Å². The van der Waals surface area contributed by atoms with Gasteiger partial charge in [0.05, 0.1) is 0 Å². The van der Waals surface area contributed by atoms with Crippen molar-refractivity contribution in [3.63, 3.8) is 0 Å². The Balaban J connectivity index is 1.69. The van der Waals surface area contributed by atoms with Crippen LogP contribution in [-0.4, -0.2) is 53.6 Å². The molecule has 2 heterocycles. The van der Waals surface area contributed by atoms with Crippen molar-refractivity contribution in [3.8, 4) is 0 Å². The van der Waals surface area contributed by atoms with Gasteiger partial charge in [-0.1, -0.05) is 18.2 Å². The van der Waals surface area contributed by atoms with Gasteiger partial charge in [0.25, 0.3) is 0 Å². The van der Waals surface area contributed by atoms with Crippen molar-refractivity contribution in [3.05, 3.63) is 36.0 Å². The number of fused-ring (bicyclic) bond motifs is 1. The summed E-state index contributed by atoms with van der Waals surface area (Å²) in [4.78, 5) is 5.01. The van der Waals surface area contributed by atoms with Crippen LogP contribution in [0, 0.1) is 0 Å². The highest BCUT2D eigenvalue weighted by atomic mass is 15.3. The molecule has 1 aromatic carbocycles. The maximum atomic E-state index is 5.62. The fourth-order valence-corrected chi connectivity index (χ4v) is 3.15. The smallest absolute Gasteiger partial charge is 0.0481 e. The molecule has 4 heteroatoms. The summed E-state index contributed by atoms with van der Waals surface area (Å²) >= 11 is 0. The highest BCUT2D eigenvalue weighted by molar-refractivity contribution is 5.83. The predicted octanol–water partition coefficient (Wildman–Crippen LogP) is 1.25. The van der Waals surface area contributed by atoms with E-state index >= 15 is 0 Å². The third kappa shape index (κ3) is 2.73. The number of rotatable bonds is 4. The van der Waals surface area contributed by atoms with Crippen LogP contribution in [0.4, 0.5) is 0 Å². The number of hydrogen-bond donors (Lipinski definition) is 1. The van der Waals surface area contributed by atoms with Gasteiger partial charge in [0.2, 0.25) is 0 Å². The fraction of sp³-hybridized carbons (Fsp3) is 0.500. The normalized spacial score (nSPS) is 17.9. The average molecular weight is 272 g/mol. The fourth-order valence-electron chi connectivity index (χ4n) is 3.15. The number of aryl methyl sites for hydroxylation is 1. The summed E-state index contributed by atoms with van der Waals surface area (Å²) in [6, 6.07) is 8.66. The van der Waals surface area contributed by atoms with Crippen LogP contribution in [0.2, 0.25) is 0 Å². The van der Waals surface area contributed by atoms with E-state index in [1.165, 1.54) is 16.5 Å². The number of nitrogens with zero attached hydrogens (tertiary/aromatic N) is 3. The van der Waals surface area contributed by atoms with Gasteiger partial charge in [-0.15, -0.1) is 0 Å². The standard InChI is InChI=1S/C16H24N4/c1-18-12-14(15-4-2-3-5-16(15)18)13-20-10-8-19(7-6-17)9-11-20/h2-5,12H,6-11,13,17H2,1H3. The molecule has 0 spiro atoms. The summed E-state index contributed by atoms with van der Waals surface area (Å²) < 4.78 is 2.23. The lowest BCUT2D eigenvalue weighted by atomic mass is 10.1. The summed E-state index contributed by atoms with van der Waals surface area (Å²) in [5, 5.41) is 1.39. The van der Waals surface area contributed by atoms with E-state index in [1.54, 1.807) is 0 Å². The summed E-state index contributed by atoms with van der Waals surface area (Å²) in [6.07, 6.45) is 2.27.